The predicted molar refractivity (Wildman–Crippen MR) is 60.4 cm³/mol. The Kier molecular flexibility index (Phi) is 2.76. The molecule has 1 aromatic rings. The summed E-state index contributed by atoms with van der Waals surface area (Å²) in [5.41, 5.74) is 1.44. The van der Waals surface area contributed by atoms with Crippen molar-refractivity contribution >= 4 is 5.69 Å². The Morgan fingerprint density at radius 3 is 2.64 bits per heavy atom. The van der Waals surface area contributed by atoms with E-state index in [-0.39, 0.29) is 0 Å². The van der Waals surface area contributed by atoms with E-state index in [1.807, 2.05) is 12.1 Å². The molecule has 14 heavy (non-hydrogen) atoms. The van der Waals surface area contributed by atoms with Gasteiger partial charge in [-0.3, -0.25) is 0 Å². The molecule has 0 bridgehead atoms. The molecule has 1 fully saturated rings. The average Bonchev–Trinajstić information content (AvgIpc) is 2.19. The summed E-state index contributed by atoms with van der Waals surface area (Å²) in [6, 6.07) is 11.4. The Morgan fingerprint density at radius 1 is 1.21 bits per heavy atom. The van der Waals surface area contributed by atoms with Gasteiger partial charge in [-0.05, 0) is 25.8 Å². The van der Waals surface area contributed by atoms with Crippen molar-refractivity contribution in [2.45, 2.75) is 44.6 Å². The van der Waals surface area contributed by atoms with Crippen molar-refractivity contribution in [2.24, 2.45) is 0 Å². The fourth-order valence-corrected chi connectivity index (χ4v) is 2.25. The van der Waals surface area contributed by atoms with Crippen LogP contribution in [0.2, 0.25) is 0 Å². The van der Waals surface area contributed by atoms with Gasteiger partial charge in [0.1, 0.15) is 0 Å². The van der Waals surface area contributed by atoms with Crippen LogP contribution < -0.4 is 5.32 Å². The zero-order valence-electron chi connectivity index (χ0n) is 8.84. The van der Waals surface area contributed by atoms with E-state index in [4.69, 9.17) is 0 Å². The highest BCUT2D eigenvalue weighted by Crippen LogP contribution is 2.30. The molecule has 0 spiro atoms. The molecule has 0 unspecified atom stereocenters. The fraction of sp³-hybridized carbons (Fsp3) is 0.538. The second-order valence-corrected chi connectivity index (χ2v) is 4.52. The number of rotatable bonds is 2. The molecule has 1 N–H and O–H groups in total. The minimum Gasteiger partial charge on any atom is -0.379 e. The molecule has 0 aromatic heterocycles. The maximum absolute atomic E-state index is 3.60. The van der Waals surface area contributed by atoms with Crippen molar-refractivity contribution in [3.8, 4) is 0 Å². The lowest BCUT2D eigenvalue weighted by molar-refractivity contribution is 0.349. The third-order valence-electron chi connectivity index (χ3n) is 3.10. The largest absolute Gasteiger partial charge is 0.379 e. The Labute approximate surface area is 86.5 Å². The summed E-state index contributed by atoms with van der Waals surface area (Å²) in [4.78, 5) is 0. The maximum Gasteiger partial charge on any atom is 0.0424 e. The van der Waals surface area contributed by atoms with E-state index in [2.05, 4.69) is 30.4 Å². The maximum atomic E-state index is 3.60. The van der Waals surface area contributed by atoms with Crippen molar-refractivity contribution in [3.63, 3.8) is 0 Å². The van der Waals surface area contributed by atoms with Gasteiger partial charge in [-0.2, -0.15) is 0 Å². The molecule has 1 aliphatic rings. The van der Waals surface area contributed by atoms with E-state index in [0.29, 0.717) is 5.54 Å². The van der Waals surface area contributed by atoms with E-state index in [0.717, 1.165) is 5.69 Å². The quantitative estimate of drug-likeness (QED) is 0.747. The Bertz CT molecular complexity index is 273. The zero-order chi connectivity index (χ0) is 9.86. The molecule has 1 aliphatic carbocycles. The van der Waals surface area contributed by atoms with Crippen LogP contribution in [0.5, 0.6) is 0 Å². The summed E-state index contributed by atoms with van der Waals surface area (Å²) in [5.74, 6) is 0. The molecule has 0 amide bonds. The molecule has 75 valence electrons. The first-order valence-corrected chi connectivity index (χ1v) is 5.53. The molecular formula is C13H18N. The van der Waals surface area contributed by atoms with Crippen LogP contribution in [0.3, 0.4) is 0 Å². The van der Waals surface area contributed by atoms with Crippen LogP contribution >= 0.6 is 0 Å². The lowest BCUT2D eigenvalue weighted by atomic mass is 9.83. The number of hydrogen-bond acceptors (Lipinski definition) is 1. The molecule has 2 rings (SSSR count). The molecule has 1 nitrogen and oxygen atoms in total. The highest BCUT2D eigenvalue weighted by molar-refractivity contribution is 5.43. The first-order valence-electron chi connectivity index (χ1n) is 5.53. The van der Waals surface area contributed by atoms with Gasteiger partial charge in [0, 0.05) is 17.3 Å². The topological polar surface area (TPSA) is 12.0 Å². The third kappa shape index (κ3) is 2.28. The van der Waals surface area contributed by atoms with Crippen molar-refractivity contribution in [1.82, 2.24) is 0 Å². The van der Waals surface area contributed by atoms with Gasteiger partial charge in [-0.15, -0.1) is 0 Å². The molecule has 0 saturated heterocycles. The van der Waals surface area contributed by atoms with Crippen LogP contribution in [-0.2, 0) is 0 Å². The summed E-state index contributed by atoms with van der Waals surface area (Å²) < 4.78 is 0. The van der Waals surface area contributed by atoms with Crippen LogP contribution in [0.15, 0.2) is 24.3 Å². The van der Waals surface area contributed by atoms with Gasteiger partial charge >= 0.3 is 0 Å². The molecular weight excluding hydrogens is 170 g/mol. The molecule has 0 atom stereocenters. The number of hydrogen-bond donors (Lipinski definition) is 1. The third-order valence-corrected chi connectivity index (χ3v) is 3.10. The summed E-state index contributed by atoms with van der Waals surface area (Å²) in [7, 11) is 0. The average molecular weight is 188 g/mol. The van der Waals surface area contributed by atoms with Crippen LogP contribution in [0.4, 0.5) is 5.69 Å². The predicted octanol–water partition coefficient (Wildman–Crippen LogP) is 3.62. The molecule has 1 heteroatoms. The van der Waals surface area contributed by atoms with Gasteiger partial charge in [0.05, 0.1) is 0 Å². The zero-order valence-corrected chi connectivity index (χ0v) is 8.84. The first kappa shape index (κ1) is 9.57. The Hall–Kier alpha value is -0.980. The number of nitrogens with one attached hydrogen (secondary N) is 1. The normalized spacial score (nSPS) is 20.4. The number of para-hydroxylation sites is 1. The fourth-order valence-electron chi connectivity index (χ4n) is 2.25. The van der Waals surface area contributed by atoms with Crippen LogP contribution in [-0.4, -0.2) is 5.54 Å². The van der Waals surface area contributed by atoms with Gasteiger partial charge in [-0.25, -0.2) is 0 Å². The highest BCUT2D eigenvalue weighted by atomic mass is 15.0. The lowest BCUT2D eigenvalue weighted by Crippen LogP contribution is -2.36. The van der Waals surface area contributed by atoms with E-state index in [9.17, 15) is 0 Å². The minimum atomic E-state index is 0.302. The van der Waals surface area contributed by atoms with E-state index < -0.39 is 0 Å². The summed E-state index contributed by atoms with van der Waals surface area (Å²) in [6.45, 7) is 2.33. The summed E-state index contributed by atoms with van der Waals surface area (Å²) >= 11 is 0. The van der Waals surface area contributed by atoms with Crippen LogP contribution in [0.25, 0.3) is 0 Å². The lowest BCUT2D eigenvalue weighted by Gasteiger charge is -2.35. The minimum absolute atomic E-state index is 0.302. The van der Waals surface area contributed by atoms with Gasteiger partial charge in [0.15, 0.2) is 0 Å². The smallest absolute Gasteiger partial charge is 0.0424 e. The first-order chi connectivity index (χ1) is 6.79. The molecule has 1 radical (unpaired) electrons. The standard InChI is InChI=1S/C13H18N/c1-13(10-6-3-7-11-13)14-12-8-4-2-5-9-12/h2,4-5,8,14H,3,6-7,10-11H2,1H3. The molecule has 0 aliphatic heterocycles. The SMILES string of the molecule is CC1(Nc2[c]cccc2)CCCCC1. The van der Waals surface area contributed by atoms with Crippen molar-refractivity contribution < 1.29 is 0 Å². The highest BCUT2D eigenvalue weighted by Gasteiger charge is 2.25. The van der Waals surface area contributed by atoms with Crippen molar-refractivity contribution in [1.29, 1.82) is 0 Å². The van der Waals surface area contributed by atoms with E-state index in [1.165, 1.54) is 32.1 Å². The van der Waals surface area contributed by atoms with Crippen molar-refractivity contribution in [3.05, 3.63) is 30.3 Å². The monoisotopic (exact) mass is 188 g/mol. The van der Waals surface area contributed by atoms with Crippen LogP contribution in [0.1, 0.15) is 39.0 Å². The van der Waals surface area contributed by atoms with Crippen molar-refractivity contribution in [2.75, 3.05) is 5.32 Å². The second-order valence-electron chi connectivity index (χ2n) is 4.52. The second kappa shape index (κ2) is 4.04. The molecule has 0 heterocycles. The number of benzene rings is 1. The molecule has 1 saturated carbocycles. The molecule has 1 aromatic carbocycles. The van der Waals surface area contributed by atoms with Gasteiger partial charge in [-0.1, -0.05) is 37.5 Å². The van der Waals surface area contributed by atoms with E-state index >= 15 is 0 Å². The summed E-state index contributed by atoms with van der Waals surface area (Å²) in [6.07, 6.45) is 6.69. The van der Waals surface area contributed by atoms with E-state index in [1.54, 1.807) is 0 Å². The van der Waals surface area contributed by atoms with Gasteiger partial charge in [0.25, 0.3) is 0 Å². The van der Waals surface area contributed by atoms with Crippen LogP contribution in [0, 0.1) is 6.07 Å². The Morgan fingerprint density at radius 2 is 2.00 bits per heavy atom. The summed E-state index contributed by atoms with van der Waals surface area (Å²) in [5, 5.41) is 3.60. The van der Waals surface area contributed by atoms with Gasteiger partial charge in [0.2, 0.25) is 0 Å². The Balaban J connectivity index is 2.02. The van der Waals surface area contributed by atoms with Gasteiger partial charge < -0.3 is 5.32 Å². The number of anilines is 1.